The fourth-order valence-electron chi connectivity index (χ4n) is 1.97. The first-order chi connectivity index (χ1) is 10.1. The number of nitrogens with one attached hydrogen (secondary N) is 4. The normalized spacial score (nSPS) is 10.5. The zero-order valence-electron chi connectivity index (χ0n) is 10.7. The molecule has 0 aliphatic heterocycles. The molecule has 0 bridgehead atoms. The number of aromatic amines is 2. The summed E-state index contributed by atoms with van der Waals surface area (Å²) in [5, 5.41) is 6.65. The number of halogens is 1. The van der Waals surface area contributed by atoms with Crippen molar-refractivity contribution in [1.29, 1.82) is 0 Å². The Bertz CT molecular complexity index is 871. The van der Waals surface area contributed by atoms with E-state index in [9.17, 15) is 4.79 Å². The van der Waals surface area contributed by atoms with Crippen LogP contribution in [0.2, 0.25) is 0 Å². The van der Waals surface area contributed by atoms with Gasteiger partial charge in [0.15, 0.2) is 5.11 Å². The lowest BCUT2D eigenvalue weighted by Crippen LogP contribution is -2.18. The highest BCUT2D eigenvalue weighted by Gasteiger charge is 2.02. The van der Waals surface area contributed by atoms with Crippen molar-refractivity contribution >= 4 is 55.7 Å². The molecule has 3 rings (SSSR count). The predicted molar refractivity (Wildman–Crippen MR) is 92.9 cm³/mol. The van der Waals surface area contributed by atoms with Gasteiger partial charge in [-0.3, -0.25) is 0 Å². The highest BCUT2D eigenvalue weighted by atomic mass is 79.9. The second kappa shape index (κ2) is 5.71. The van der Waals surface area contributed by atoms with Gasteiger partial charge in [-0.25, -0.2) is 4.79 Å². The van der Waals surface area contributed by atoms with Crippen LogP contribution in [0.3, 0.4) is 0 Å². The van der Waals surface area contributed by atoms with Crippen molar-refractivity contribution in [2.24, 2.45) is 0 Å². The Morgan fingerprint density at radius 3 is 2.48 bits per heavy atom. The van der Waals surface area contributed by atoms with E-state index in [0.717, 1.165) is 26.9 Å². The van der Waals surface area contributed by atoms with E-state index < -0.39 is 0 Å². The number of hydrogen-bond acceptors (Lipinski definition) is 2. The number of thiocarbonyl (C=S) groups is 1. The molecule has 4 N–H and O–H groups in total. The number of rotatable bonds is 2. The molecule has 21 heavy (non-hydrogen) atoms. The highest BCUT2D eigenvalue weighted by Crippen LogP contribution is 2.17. The first-order valence-corrected chi connectivity index (χ1v) is 7.36. The molecule has 0 aliphatic carbocycles. The molecule has 2 aromatic carbocycles. The Morgan fingerprint density at radius 1 is 1.00 bits per heavy atom. The van der Waals surface area contributed by atoms with Gasteiger partial charge in [0.25, 0.3) is 0 Å². The van der Waals surface area contributed by atoms with E-state index >= 15 is 0 Å². The number of benzene rings is 2. The van der Waals surface area contributed by atoms with Crippen LogP contribution < -0.4 is 16.3 Å². The first kappa shape index (κ1) is 13.8. The smallest absolute Gasteiger partial charge is 0.323 e. The fourth-order valence-corrected chi connectivity index (χ4v) is 2.60. The fraction of sp³-hybridized carbons (Fsp3) is 0. The average Bonchev–Trinajstić information content (AvgIpc) is 2.78. The topological polar surface area (TPSA) is 72.7 Å². The minimum atomic E-state index is -0.225. The molecule has 0 spiro atoms. The lowest BCUT2D eigenvalue weighted by atomic mass is 10.3. The molecule has 0 saturated heterocycles. The maximum atomic E-state index is 11.2. The Balaban J connectivity index is 1.75. The molecule has 0 aliphatic rings. The number of imidazole rings is 1. The SMILES string of the molecule is O=c1[nH]c2ccc(NC(=S)Nc3cccc(Br)c3)cc2[nH]1. The Labute approximate surface area is 133 Å². The molecule has 0 unspecified atom stereocenters. The molecule has 106 valence electrons. The third-order valence-corrected chi connectivity index (χ3v) is 3.55. The lowest BCUT2D eigenvalue weighted by molar-refractivity contribution is 1.22. The van der Waals surface area contributed by atoms with Gasteiger partial charge < -0.3 is 20.6 Å². The molecule has 1 aromatic heterocycles. The largest absolute Gasteiger partial charge is 0.332 e. The van der Waals surface area contributed by atoms with Gasteiger partial charge in [0, 0.05) is 15.8 Å². The highest BCUT2D eigenvalue weighted by molar-refractivity contribution is 9.10. The Kier molecular flexibility index (Phi) is 3.76. The second-order valence-corrected chi connectivity index (χ2v) is 5.75. The number of H-pyrrole nitrogens is 2. The van der Waals surface area contributed by atoms with Gasteiger partial charge in [0.1, 0.15) is 0 Å². The molecule has 5 nitrogen and oxygen atoms in total. The van der Waals surface area contributed by atoms with Crippen molar-refractivity contribution in [3.05, 3.63) is 57.4 Å². The summed E-state index contributed by atoms with van der Waals surface area (Å²) in [6.07, 6.45) is 0. The summed E-state index contributed by atoms with van der Waals surface area (Å²) < 4.78 is 0.974. The van der Waals surface area contributed by atoms with Crippen molar-refractivity contribution in [3.8, 4) is 0 Å². The molecule has 1 heterocycles. The van der Waals surface area contributed by atoms with E-state index in [4.69, 9.17) is 12.2 Å². The van der Waals surface area contributed by atoms with Crippen molar-refractivity contribution in [3.63, 3.8) is 0 Å². The van der Waals surface area contributed by atoms with Gasteiger partial charge in [-0.1, -0.05) is 22.0 Å². The van der Waals surface area contributed by atoms with Gasteiger partial charge in [0.2, 0.25) is 0 Å². The quantitative estimate of drug-likeness (QED) is 0.527. The third kappa shape index (κ3) is 3.32. The summed E-state index contributed by atoms with van der Waals surface area (Å²) in [5.74, 6) is 0. The van der Waals surface area contributed by atoms with Gasteiger partial charge in [-0.2, -0.15) is 0 Å². The van der Waals surface area contributed by atoms with Crippen molar-refractivity contribution in [2.75, 3.05) is 10.6 Å². The summed E-state index contributed by atoms with van der Waals surface area (Å²) in [7, 11) is 0. The van der Waals surface area contributed by atoms with Gasteiger partial charge in [-0.15, -0.1) is 0 Å². The number of hydrogen-bond donors (Lipinski definition) is 4. The summed E-state index contributed by atoms with van der Waals surface area (Å²) in [5.41, 5.74) is 2.95. The van der Waals surface area contributed by atoms with Crippen LogP contribution in [-0.4, -0.2) is 15.1 Å². The van der Waals surface area contributed by atoms with E-state index in [1.807, 2.05) is 42.5 Å². The van der Waals surface area contributed by atoms with Crippen LogP contribution in [0.4, 0.5) is 11.4 Å². The Morgan fingerprint density at radius 2 is 1.71 bits per heavy atom. The maximum absolute atomic E-state index is 11.2. The number of fused-ring (bicyclic) bond motifs is 1. The summed E-state index contributed by atoms with van der Waals surface area (Å²) in [6.45, 7) is 0. The summed E-state index contributed by atoms with van der Waals surface area (Å²) >= 11 is 8.68. The van der Waals surface area contributed by atoms with Gasteiger partial charge >= 0.3 is 5.69 Å². The average molecular weight is 363 g/mol. The summed E-state index contributed by atoms with van der Waals surface area (Å²) in [6, 6.07) is 13.2. The van der Waals surface area contributed by atoms with E-state index in [-0.39, 0.29) is 5.69 Å². The van der Waals surface area contributed by atoms with Crippen molar-refractivity contribution in [2.45, 2.75) is 0 Å². The molecule has 0 atom stereocenters. The van der Waals surface area contributed by atoms with Gasteiger partial charge in [-0.05, 0) is 48.6 Å². The van der Waals surface area contributed by atoms with E-state index in [2.05, 4.69) is 36.5 Å². The lowest BCUT2D eigenvalue weighted by Gasteiger charge is -2.10. The zero-order chi connectivity index (χ0) is 14.8. The first-order valence-electron chi connectivity index (χ1n) is 6.16. The third-order valence-electron chi connectivity index (χ3n) is 2.86. The number of anilines is 2. The monoisotopic (exact) mass is 362 g/mol. The molecular weight excluding hydrogens is 352 g/mol. The molecular formula is C14H11BrN4OS. The van der Waals surface area contributed by atoms with E-state index in [0.29, 0.717) is 5.11 Å². The minimum Gasteiger partial charge on any atom is -0.332 e. The van der Waals surface area contributed by atoms with Gasteiger partial charge in [0.05, 0.1) is 11.0 Å². The second-order valence-electron chi connectivity index (χ2n) is 4.43. The zero-order valence-corrected chi connectivity index (χ0v) is 13.1. The summed E-state index contributed by atoms with van der Waals surface area (Å²) in [4.78, 5) is 16.6. The van der Waals surface area contributed by atoms with Crippen LogP contribution in [0, 0.1) is 0 Å². The van der Waals surface area contributed by atoms with Crippen LogP contribution in [-0.2, 0) is 0 Å². The molecule has 0 fully saturated rings. The van der Waals surface area contributed by atoms with Crippen LogP contribution >= 0.6 is 28.1 Å². The standard InChI is InChI=1S/C14H11BrN4OS/c15-8-2-1-3-9(6-8)16-14(21)17-10-4-5-11-12(7-10)19-13(20)18-11/h1-7H,(H2,16,17,21)(H2,18,19,20). The Hall–Kier alpha value is -2.12. The van der Waals surface area contributed by atoms with Crippen LogP contribution in [0.1, 0.15) is 0 Å². The molecule has 7 heteroatoms. The van der Waals surface area contributed by atoms with E-state index in [1.54, 1.807) is 0 Å². The minimum absolute atomic E-state index is 0.225. The predicted octanol–water partition coefficient (Wildman–Crippen LogP) is 3.43. The number of aromatic nitrogens is 2. The van der Waals surface area contributed by atoms with Crippen LogP contribution in [0.25, 0.3) is 11.0 Å². The molecule has 0 radical (unpaired) electrons. The molecule has 3 aromatic rings. The van der Waals surface area contributed by atoms with Crippen molar-refractivity contribution in [1.82, 2.24) is 9.97 Å². The maximum Gasteiger partial charge on any atom is 0.323 e. The van der Waals surface area contributed by atoms with Crippen molar-refractivity contribution < 1.29 is 0 Å². The van der Waals surface area contributed by atoms with Crippen LogP contribution in [0.5, 0.6) is 0 Å². The molecule has 0 amide bonds. The van der Waals surface area contributed by atoms with Crippen LogP contribution in [0.15, 0.2) is 51.7 Å². The van der Waals surface area contributed by atoms with E-state index in [1.165, 1.54) is 0 Å². The molecule has 0 saturated carbocycles.